The molecule has 0 saturated carbocycles. The molecule has 1 fully saturated rings. The van der Waals surface area contributed by atoms with Crippen molar-refractivity contribution >= 4 is 11.9 Å². The Kier molecular flexibility index (Phi) is 4.75. The van der Waals surface area contributed by atoms with Crippen molar-refractivity contribution in [1.82, 2.24) is 10.0 Å². The number of hydroxylamine groups is 2. The first-order valence-electron chi connectivity index (χ1n) is 6.35. The quantitative estimate of drug-likeness (QED) is 0.799. The van der Waals surface area contributed by atoms with Crippen molar-refractivity contribution in [2.24, 2.45) is 5.92 Å². The molecule has 7 heteroatoms. The first kappa shape index (κ1) is 14.5. The van der Waals surface area contributed by atoms with E-state index in [-0.39, 0.29) is 31.0 Å². The number of carbonyl (C=O) groups is 2. The molecule has 2 atom stereocenters. The van der Waals surface area contributed by atoms with Gasteiger partial charge in [0.1, 0.15) is 5.92 Å². The highest BCUT2D eigenvalue weighted by Crippen LogP contribution is 2.35. The second kappa shape index (κ2) is 6.53. The van der Waals surface area contributed by atoms with Crippen LogP contribution in [0.15, 0.2) is 18.3 Å². The Morgan fingerprint density at radius 2 is 2.25 bits per heavy atom. The van der Waals surface area contributed by atoms with Gasteiger partial charge in [0.2, 0.25) is 0 Å². The van der Waals surface area contributed by atoms with Gasteiger partial charge < -0.3 is 14.5 Å². The number of methoxy groups -OCH3 is 2. The smallest absolute Gasteiger partial charge is 0.313 e. The largest absolute Gasteiger partial charge is 0.469 e. The van der Waals surface area contributed by atoms with Crippen LogP contribution in [0, 0.1) is 5.92 Å². The average Bonchev–Trinajstić information content (AvgIpc) is 3.12. The topological polar surface area (TPSA) is 80.9 Å². The predicted molar refractivity (Wildman–Crippen MR) is 68.3 cm³/mol. The van der Waals surface area contributed by atoms with E-state index < -0.39 is 5.92 Å². The minimum atomic E-state index is -0.420. The molecule has 2 rings (SSSR count). The van der Waals surface area contributed by atoms with Crippen LogP contribution in [-0.4, -0.2) is 49.4 Å². The lowest BCUT2D eigenvalue weighted by atomic mass is 9.98. The van der Waals surface area contributed by atoms with E-state index in [1.54, 1.807) is 11.3 Å². The Bertz CT molecular complexity index is 459. The number of esters is 2. The van der Waals surface area contributed by atoms with Crippen molar-refractivity contribution < 1.29 is 23.9 Å². The molecule has 0 radical (unpaired) electrons. The fourth-order valence-corrected chi connectivity index (χ4v) is 2.30. The Labute approximate surface area is 116 Å². The Morgan fingerprint density at radius 3 is 2.85 bits per heavy atom. The molecule has 2 heterocycles. The number of ether oxygens (including phenoxy) is 2. The van der Waals surface area contributed by atoms with Gasteiger partial charge in [-0.1, -0.05) is 0 Å². The first-order valence-corrected chi connectivity index (χ1v) is 6.35. The van der Waals surface area contributed by atoms with Gasteiger partial charge in [-0.05, 0) is 12.1 Å². The van der Waals surface area contributed by atoms with E-state index in [0.29, 0.717) is 6.54 Å². The summed E-state index contributed by atoms with van der Waals surface area (Å²) in [5.74, 6) is -1.07. The van der Waals surface area contributed by atoms with Gasteiger partial charge in [-0.3, -0.25) is 14.4 Å². The number of rotatable bonds is 5. The standard InChI is InChI=1S/C13H18N2O5/c1-18-11(16)5-7-15-12(10-4-3-6-14-10)9(8-20-15)13(17)19-2/h3-4,6,9,12,14H,5,7-8H2,1-2H3/t9-,12-/m1/s1. The summed E-state index contributed by atoms with van der Waals surface area (Å²) in [5.41, 5.74) is 0.850. The molecule has 1 aliphatic heterocycles. The fourth-order valence-electron chi connectivity index (χ4n) is 2.30. The Morgan fingerprint density at radius 1 is 1.45 bits per heavy atom. The molecule has 7 nitrogen and oxygen atoms in total. The summed E-state index contributed by atoms with van der Waals surface area (Å²) in [7, 11) is 2.69. The molecule has 0 aromatic carbocycles. The van der Waals surface area contributed by atoms with Crippen LogP contribution in [0.5, 0.6) is 0 Å². The van der Waals surface area contributed by atoms with Gasteiger partial charge in [0.05, 0.1) is 33.3 Å². The van der Waals surface area contributed by atoms with Crippen LogP contribution in [0.4, 0.5) is 0 Å². The van der Waals surface area contributed by atoms with Gasteiger partial charge in [0.15, 0.2) is 0 Å². The summed E-state index contributed by atoms with van der Waals surface area (Å²) in [4.78, 5) is 31.7. The second-order valence-corrected chi connectivity index (χ2v) is 4.46. The Hall–Kier alpha value is -1.86. The monoisotopic (exact) mass is 282 g/mol. The van der Waals surface area contributed by atoms with E-state index in [1.165, 1.54) is 14.2 Å². The summed E-state index contributed by atoms with van der Waals surface area (Å²) in [6.07, 6.45) is 1.97. The molecule has 0 spiro atoms. The second-order valence-electron chi connectivity index (χ2n) is 4.46. The maximum atomic E-state index is 11.8. The number of nitrogens with zero attached hydrogens (tertiary/aromatic N) is 1. The zero-order valence-electron chi connectivity index (χ0n) is 11.5. The molecule has 1 N–H and O–H groups in total. The normalized spacial score (nSPS) is 22.7. The third kappa shape index (κ3) is 3.00. The maximum absolute atomic E-state index is 11.8. The number of hydrogen-bond acceptors (Lipinski definition) is 6. The number of hydrogen-bond donors (Lipinski definition) is 1. The molecule has 0 bridgehead atoms. The predicted octanol–water partition coefficient (Wildman–Crippen LogP) is 0.655. The highest BCUT2D eigenvalue weighted by atomic mass is 16.7. The average molecular weight is 282 g/mol. The van der Waals surface area contributed by atoms with Crippen LogP contribution < -0.4 is 0 Å². The molecule has 1 aliphatic rings. The molecule has 110 valence electrons. The maximum Gasteiger partial charge on any atom is 0.313 e. The molecule has 0 aliphatic carbocycles. The fraction of sp³-hybridized carbons (Fsp3) is 0.538. The van der Waals surface area contributed by atoms with Crippen LogP contribution in [0.25, 0.3) is 0 Å². The van der Waals surface area contributed by atoms with Crippen molar-refractivity contribution in [3.05, 3.63) is 24.0 Å². The highest BCUT2D eigenvalue weighted by Gasteiger charge is 2.42. The van der Waals surface area contributed by atoms with Gasteiger partial charge in [-0.15, -0.1) is 0 Å². The molecule has 0 amide bonds. The number of aromatic amines is 1. The summed E-state index contributed by atoms with van der Waals surface area (Å²) in [5, 5.41) is 1.63. The van der Waals surface area contributed by atoms with Crippen LogP contribution in [0.1, 0.15) is 18.2 Å². The lowest BCUT2D eigenvalue weighted by Gasteiger charge is -2.23. The van der Waals surface area contributed by atoms with E-state index in [2.05, 4.69) is 9.72 Å². The SMILES string of the molecule is COC(=O)CCN1OC[C@@H](C(=O)OC)[C@@H]1c1ccc[nH]1. The van der Waals surface area contributed by atoms with Crippen molar-refractivity contribution in [3.8, 4) is 0 Å². The van der Waals surface area contributed by atoms with E-state index in [0.717, 1.165) is 5.69 Å². The van der Waals surface area contributed by atoms with E-state index in [4.69, 9.17) is 9.57 Å². The molecular weight excluding hydrogens is 264 g/mol. The summed E-state index contributed by atoms with van der Waals surface area (Å²) in [6, 6.07) is 3.43. The van der Waals surface area contributed by atoms with Crippen LogP contribution >= 0.6 is 0 Å². The van der Waals surface area contributed by atoms with Crippen molar-refractivity contribution in [3.63, 3.8) is 0 Å². The van der Waals surface area contributed by atoms with Gasteiger partial charge in [0.25, 0.3) is 0 Å². The van der Waals surface area contributed by atoms with Gasteiger partial charge in [0, 0.05) is 18.4 Å². The van der Waals surface area contributed by atoms with E-state index >= 15 is 0 Å². The Balaban J connectivity index is 2.11. The van der Waals surface area contributed by atoms with Crippen molar-refractivity contribution in [1.29, 1.82) is 0 Å². The minimum Gasteiger partial charge on any atom is -0.469 e. The molecular formula is C13H18N2O5. The third-order valence-corrected chi connectivity index (χ3v) is 3.32. The van der Waals surface area contributed by atoms with E-state index in [1.807, 2.05) is 12.1 Å². The summed E-state index contributed by atoms with van der Waals surface area (Å²) < 4.78 is 9.42. The van der Waals surface area contributed by atoms with Gasteiger partial charge >= 0.3 is 11.9 Å². The summed E-state index contributed by atoms with van der Waals surface area (Å²) in [6.45, 7) is 0.585. The van der Waals surface area contributed by atoms with Crippen LogP contribution in [-0.2, 0) is 23.9 Å². The highest BCUT2D eigenvalue weighted by molar-refractivity contribution is 5.74. The van der Waals surface area contributed by atoms with Crippen LogP contribution in [0.2, 0.25) is 0 Å². The number of carbonyl (C=O) groups excluding carboxylic acids is 2. The molecule has 0 unspecified atom stereocenters. The van der Waals surface area contributed by atoms with Crippen LogP contribution in [0.3, 0.4) is 0 Å². The molecule has 1 aromatic heterocycles. The molecule has 20 heavy (non-hydrogen) atoms. The number of nitrogens with one attached hydrogen (secondary N) is 1. The minimum absolute atomic E-state index is 0.196. The molecule has 1 aromatic rings. The van der Waals surface area contributed by atoms with E-state index in [9.17, 15) is 9.59 Å². The number of aromatic nitrogens is 1. The third-order valence-electron chi connectivity index (χ3n) is 3.32. The summed E-state index contributed by atoms with van der Waals surface area (Å²) >= 11 is 0. The van der Waals surface area contributed by atoms with Crippen molar-refractivity contribution in [2.75, 3.05) is 27.4 Å². The number of H-pyrrole nitrogens is 1. The zero-order valence-corrected chi connectivity index (χ0v) is 11.5. The van der Waals surface area contributed by atoms with Gasteiger partial charge in [-0.25, -0.2) is 0 Å². The lowest BCUT2D eigenvalue weighted by molar-refractivity contribution is -0.153. The zero-order chi connectivity index (χ0) is 14.5. The van der Waals surface area contributed by atoms with Gasteiger partial charge in [-0.2, -0.15) is 5.06 Å². The lowest BCUT2D eigenvalue weighted by Crippen LogP contribution is -2.30. The first-order chi connectivity index (χ1) is 9.67. The molecule has 1 saturated heterocycles. The van der Waals surface area contributed by atoms with Crippen molar-refractivity contribution in [2.45, 2.75) is 12.5 Å².